The topological polar surface area (TPSA) is 91.5 Å². The lowest BCUT2D eigenvalue weighted by molar-refractivity contribution is -0.157. The molecule has 1 amide bonds. The SMILES string of the molecule is CC(C)C[C@@H](C(=O)OC(C)(C)C)c1nc(OCCC(N)=O)cs1. The van der Waals surface area contributed by atoms with Crippen LogP contribution >= 0.6 is 11.3 Å². The number of nitrogens with zero attached hydrogens (tertiary/aromatic N) is 1. The monoisotopic (exact) mass is 342 g/mol. The quantitative estimate of drug-likeness (QED) is 0.733. The molecule has 0 bridgehead atoms. The third-order valence-corrected chi connectivity index (χ3v) is 3.73. The lowest BCUT2D eigenvalue weighted by Crippen LogP contribution is -2.28. The molecule has 0 aliphatic heterocycles. The van der Waals surface area contributed by atoms with Crippen molar-refractivity contribution in [1.29, 1.82) is 0 Å². The minimum atomic E-state index is -0.537. The van der Waals surface area contributed by atoms with E-state index in [1.54, 1.807) is 5.38 Å². The Balaban J connectivity index is 2.80. The first kappa shape index (κ1) is 19.4. The fourth-order valence-corrected chi connectivity index (χ4v) is 2.74. The zero-order valence-corrected chi connectivity index (χ0v) is 15.2. The molecular formula is C16H26N2O4S. The van der Waals surface area contributed by atoms with Crippen molar-refractivity contribution in [2.24, 2.45) is 11.7 Å². The van der Waals surface area contributed by atoms with E-state index in [2.05, 4.69) is 18.8 Å². The molecule has 1 aromatic rings. The number of aromatic nitrogens is 1. The summed E-state index contributed by atoms with van der Waals surface area (Å²) in [4.78, 5) is 27.5. The Kier molecular flexibility index (Phi) is 7.00. The lowest BCUT2D eigenvalue weighted by Gasteiger charge is -2.23. The number of esters is 1. The molecule has 0 unspecified atom stereocenters. The molecule has 0 spiro atoms. The summed E-state index contributed by atoms with van der Waals surface area (Å²) in [7, 11) is 0. The average molecular weight is 342 g/mol. The van der Waals surface area contributed by atoms with Gasteiger partial charge in [-0.1, -0.05) is 13.8 Å². The molecule has 23 heavy (non-hydrogen) atoms. The van der Waals surface area contributed by atoms with E-state index in [1.165, 1.54) is 11.3 Å². The van der Waals surface area contributed by atoms with E-state index in [0.717, 1.165) is 0 Å². The molecule has 6 nitrogen and oxygen atoms in total. The Morgan fingerprint density at radius 1 is 1.35 bits per heavy atom. The molecule has 0 aliphatic carbocycles. The van der Waals surface area contributed by atoms with Crippen LogP contribution in [0.25, 0.3) is 0 Å². The van der Waals surface area contributed by atoms with Gasteiger partial charge in [-0.05, 0) is 33.1 Å². The molecule has 1 heterocycles. The van der Waals surface area contributed by atoms with Crippen LogP contribution in [0.1, 0.15) is 58.4 Å². The van der Waals surface area contributed by atoms with Gasteiger partial charge in [0.05, 0.1) is 18.4 Å². The smallest absolute Gasteiger partial charge is 0.316 e. The number of nitrogens with two attached hydrogens (primary N) is 1. The van der Waals surface area contributed by atoms with E-state index < -0.39 is 17.4 Å². The van der Waals surface area contributed by atoms with Crippen LogP contribution in [-0.4, -0.2) is 29.1 Å². The van der Waals surface area contributed by atoms with Crippen molar-refractivity contribution in [2.45, 2.75) is 59.0 Å². The molecular weight excluding hydrogens is 316 g/mol. The second-order valence-electron chi connectivity index (χ2n) is 6.80. The van der Waals surface area contributed by atoms with Gasteiger partial charge in [0, 0.05) is 0 Å². The van der Waals surface area contributed by atoms with E-state index in [4.69, 9.17) is 15.2 Å². The lowest BCUT2D eigenvalue weighted by atomic mass is 9.97. The van der Waals surface area contributed by atoms with Crippen LogP contribution < -0.4 is 10.5 Å². The number of hydrogen-bond donors (Lipinski definition) is 1. The van der Waals surface area contributed by atoms with E-state index in [9.17, 15) is 9.59 Å². The molecule has 0 saturated heterocycles. The number of carbonyl (C=O) groups is 2. The number of hydrogen-bond acceptors (Lipinski definition) is 6. The van der Waals surface area contributed by atoms with Gasteiger partial charge in [-0.25, -0.2) is 4.98 Å². The third-order valence-electron chi connectivity index (χ3n) is 2.80. The predicted molar refractivity (Wildman–Crippen MR) is 89.5 cm³/mol. The zero-order chi connectivity index (χ0) is 17.6. The van der Waals surface area contributed by atoms with Gasteiger partial charge < -0.3 is 15.2 Å². The van der Waals surface area contributed by atoms with Crippen molar-refractivity contribution < 1.29 is 19.1 Å². The number of rotatable bonds is 8. The Morgan fingerprint density at radius 3 is 2.52 bits per heavy atom. The molecule has 0 fully saturated rings. The number of carbonyl (C=O) groups excluding carboxylic acids is 2. The van der Waals surface area contributed by atoms with Gasteiger partial charge in [0.2, 0.25) is 11.8 Å². The minimum Gasteiger partial charge on any atom is -0.477 e. The highest BCUT2D eigenvalue weighted by molar-refractivity contribution is 7.10. The highest BCUT2D eigenvalue weighted by Gasteiger charge is 2.30. The maximum absolute atomic E-state index is 12.4. The van der Waals surface area contributed by atoms with Gasteiger partial charge in [-0.3, -0.25) is 9.59 Å². The minimum absolute atomic E-state index is 0.133. The molecule has 0 aliphatic rings. The van der Waals surface area contributed by atoms with Crippen molar-refractivity contribution in [2.75, 3.05) is 6.61 Å². The van der Waals surface area contributed by atoms with Gasteiger partial charge in [-0.15, -0.1) is 11.3 Å². The normalized spacial score (nSPS) is 13.0. The van der Waals surface area contributed by atoms with Crippen molar-refractivity contribution in [3.05, 3.63) is 10.4 Å². The fourth-order valence-electron chi connectivity index (χ4n) is 1.90. The first-order valence-corrected chi connectivity index (χ1v) is 8.56. The maximum Gasteiger partial charge on any atom is 0.316 e. The van der Waals surface area contributed by atoms with E-state index in [0.29, 0.717) is 23.2 Å². The Labute approximate surface area is 141 Å². The molecule has 0 saturated carbocycles. The first-order valence-electron chi connectivity index (χ1n) is 7.68. The Bertz CT molecular complexity index is 534. The van der Waals surface area contributed by atoms with Gasteiger partial charge in [-0.2, -0.15) is 0 Å². The summed E-state index contributed by atoms with van der Waals surface area (Å²) >= 11 is 1.36. The van der Waals surface area contributed by atoms with Crippen molar-refractivity contribution in [1.82, 2.24) is 4.98 Å². The van der Waals surface area contributed by atoms with Gasteiger partial charge in [0.15, 0.2) is 0 Å². The number of primary amides is 1. The molecule has 0 radical (unpaired) electrons. The number of ether oxygens (including phenoxy) is 2. The molecule has 2 N–H and O–H groups in total. The van der Waals surface area contributed by atoms with Gasteiger partial charge in [0.25, 0.3) is 0 Å². The van der Waals surface area contributed by atoms with Crippen LogP contribution in [0.15, 0.2) is 5.38 Å². The maximum atomic E-state index is 12.4. The second-order valence-corrected chi connectivity index (χ2v) is 7.69. The number of amides is 1. The summed E-state index contributed by atoms with van der Waals surface area (Å²) in [5, 5.41) is 2.40. The van der Waals surface area contributed by atoms with Crippen molar-refractivity contribution in [3.8, 4) is 5.88 Å². The molecule has 1 rings (SSSR count). The molecule has 130 valence electrons. The standard InChI is InChI=1S/C16H26N2O4S/c1-10(2)8-11(15(20)22-16(3,4)5)14-18-13(9-23-14)21-7-6-12(17)19/h9-11H,6-8H2,1-5H3,(H2,17,19)/t11-/m1/s1. The molecule has 1 aromatic heterocycles. The summed E-state index contributed by atoms with van der Waals surface area (Å²) in [5.74, 6) is -0.372. The van der Waals surface area contributed by atoms with E-state index >= 15 is 0 Å². The Hall–Kier alpha value is -1.63. The first-order chi connectivity index (χ1) is 10.6. The van der Waals surface area contributed by atoms with Crippen molar-refractivity contribution in [3.63, 3.8) is 0 Å². The molecule has 1 atom stereocenters. The summed E-state index contributed by atoms with van der Waals surface area (Å²) in [6.45, 7) is 9.82. The van der Waals surface area contributed by atoms with E-state index in [1.807, 2.05) is 20.8 Å². The van der Waals surface area contributed by atoms with Crippen LogP contribution in [0.4, 0.5) is 0 Å². The van der Waals surface area contributed by atoms with Crippen LogP contribution in [0.2, 0.25) is 0 Å². The predicted octanol–water partition coefficient (Wildman–Crippen LogP) is 2.87. The summed E-state index contributed by atoms with van der Waals surface area (Å²) < 4.78 is 10.9. The fraction of sp³-hybridized carbons (Fsp3) is 0.688. The third kappa shape index (κ3) is 7.45. The highest BCUT2D eigenvalue weighted by atomic mass is 32.1. The highest BCUT2D eigenvalue weighted by Crippen LogP contribution is 2.31. The number of thiazole rings is 1. The second kappa shape index (κ2) is 8.29. The molecule has 7 heteroatoms. The molecule has 0 aromatic carbocycles. The van der Waals surface area contributed by atoms with Crippen LogP contribution in [0, 0.1) is 5.92 Å². The largest absolute Gasteiger partial charge is 0.477 e. The van der Waals surface area contributed by atoms with Crippen LogP contribution in [-0.2, 0) is 14.3 Å². The zero-order valence-electron chi connectivity index (χ0n) is 14.4. The summed E-state index contributed by atoms with van der Waals surface area (Å²) in [6.07, 6.45) is 0.789. The summed E-state index contributed by atoms with van der Waals surface area (Å²) in [5.41, 5.74) is 4.53. The van der Waals surface area contributed by atoms with Crippen molar-refractivity contribution >= 4 is 23.2 Å². The Morgan fingerprint density at radius 2 is 2.00 bits per heavy atom. The van der Waals surface area contributed by atoms with E-state index in [-0.39, 0.29) is 19.0 Å². The van der Waals surface area contributed by atoms with Gasteiger partial charge >= 0.3 is 5.97 Å². The average Bonchev–Trinajstić information content (AvgIpc) is 2.81. The summed E-state index contributed by atoms with van der Waals surface area (Å²) in [6, 6.07) is 0. The van der Waals surface area contributed by atoms with Gasteiger partial charge in [0.1, 0.15) is 16.5 Å². The van der Waals surface area contributed by atoms with Crippen LogP contribution in [0.3, 0.4) is 0 Å². The van der Waals surface area contributed by atoms with Crippen LogP contribution in [0.5, 0.6) is 5.88 Å².